The largest absolute Gasteiger partial charge is 0.371 e. The summed E-state index contributed by atoms with van der Waals surface area (Å²) in [4.78, 5) is 73.9. The minimum absolute atomic E-state index is 0.0719. The Kier molecular flexibility index (Phi) is 10.7. The average Bonchev–Trinajstić information content (AvgIpc) is 3.93. The van der Waals surface area contributed by atoms with Gasteiger partial charge in [0.2, 0.25) is 11.8 Å². The van der Waals surface area contributed by atoms with E-state index in [-0.39, 0.29) is 29.6 Å². The number of nitrogens with two attached hydrogens (primary N) is 1. The van der Waals surface area contributed by atoms with E-state index in [1.54, 1.807) is 11.1 Å². The molecule has 0 radical (unpaired) electrons. The van der Waals surface area contributed by atoms with E-state index >= 15 is 0 Å². The lowest BCUT2D eigenvalue weighted by molar-refractivity contribution is -0.134. The Morgan fingerprint density at radius 2 is 1.70 bits per heavy atom. The van der Waals surface area contributed by atoms with Crippen LogP contribution in [0, 0.1) is 5.92 Å². The number of nitrogens with zero attached hydrogens (tertiary/aromatic N) is 9. The second-order valence-electron chi connectivity index (χ2n) is 17.3. The zero-order valence-electron chi connectivity index (χ0n) is 34.7. The monoisotopic (exact) mass is 816 g/mol. The number of likely N-dealkylation sites (N-methyl/N-ethyl adjacent to an activating group) is 1. The van der Waals surface area contributed by atoms with Crippen molar-refractivity contribution in [1.82, 2.24) is 30.0 Å². The molecule has 3 atom stereocenters. The van der Waals surface area contributed by atoms with E-state index in [1.165, 1.54) is 11.3 Å². The van der Waals surface area contributed by atoms with Crippen molar-refractivity contribution in [2.45, 2.75) is 62.9 Å². The number of aromatic nitrogens is 2. The third kappa shape index (κ3) is 7.68. The lowest BCUT2D eigenvalue weighted by atomic mass is 9.89. The van der Waals surface area contributed by atoms with E-state index in [4.69, 9.17) is 10.7 Å². The fourth-order valence-electron chi connectivity index (χ4n) is 10.1. The zero-order valence-corrected chi connectivity index (χ0v) is 34.7. The predicted octanol–water partition coefficient (Wildman–Crippen LogP) is 3.89. The van der Waals surface area contributed by atoms with Crippen molar-refractivity contribution in [1.29, 1.82) is 0 Å². The van der Waals surface area contributed by atoms with Crippen LogP contribution in [0.5, 0.6) is 0 Å². The number of imide groups is 1. The van der Waals surface area contributed by atoms with Crippen LogP contribution in [0.2, 0.25) is 0 Å². The molecule has 316 valence electrons. The summed E-state index contributed by atoms with van der Waals surface area (Å²) in [5.74, 6) is 1.68. The van der Waals surface area contributed by atoms with E-state index in [9.17, 15) is 19.2 Å². The molecule has 1 aromatic heterocycles. The van der Waals surface area contributed by atoms with Crippen LogP contribution >= 0.6 is 0 Å². The first-order valence-corrected chi connectivity index (χ1v) is 21.5. The Bertz CT molecular complexity index is 2170. The Morgan fingerprint density at radius 3 is 2.43 bits per heavy atom. The van der Waals surface area contributed by atoms with Gasteiger partial charge in [-0.1, -0.05) is 18.7 Å². The van der Waals surface area contributed by atoms with E-state index in [0.29, 0.717) is 42.9 Å². The lowest BCUT2D eigenvalue weighted by Gasteiger charge is -2.37. The number of nitrogens with one attached hydrogen (secondary N) is 2. The number of primary amides is 1. The van der Waals surface area contributed by atoms with Crippen LogP contribution in [-0.2, 0) is 9.59 Å². The highest BCUT2D eigenvalue weighted by Gasteiger charge is 2.40. The molecule has 7 heterocycles. The highest BCUT2D eigenvalue weighted by Crippen LogP contribution is 2.45. The maximum atomic E-state index is 12.7. The molecule has 4 N–H and O–H groups in total. The smallest absolute Gasteiger partial charge is 0.320 e. The molecule has 16 heteroatoms. The summed E-state index contributed by atoms with van der Waals surface area (Å²) in [5, 5.41) is 5.81. The molecule has 60 heavy (non-hydrogen) atoms. The van der Waals surface area contributed by atoms with Crippen molar-refractivity contribution in [3.63, 3.8) is 0 Å². The molecule has 2 aromatic carbocycles. The normalized spacial score (nSPS) is 24.1. The Hall–Kier alpha value is -5.90. The van der Waals surface area contributed by atoms with E-state index in [0.717, 1.165) is 107 Å². The molecule has 0 spiro atoms. The molecular weight excluding hydrogens is 761 g/mol. The van der Waals surface area contributed by atoms with Gasteiger partial charge in [0.15, 0.2) is 11.5 Å². The summed E-state index contributed by atoms with van der Waals surface area (Å²) in [5.41, 5.74) is 11.1. The number of hydrogen-bond acceptors (Lipinski definition) is 12. The van der Waals surface area contributed by atoms with Gasteiger partial charge in [-0.3, -0.25) is 19.7 Å². The molecule has 9 rings (SSSR count). The third-order valence-corrected chi connectivity index (χ3v) is 13.6. The molecule has 5 amide bonds. The number of urea groups is 1. The number of fused-ring (bicyclic) bond motifs is 1. The SMILES string of the molecule is C=C1N(C)c2cc(N3CC[C@H](CN4CCC(c5ccc(Nc6nc(N7CCC[C@@H](N8CCN(C)C8=O)C7)cnc6C(N)=O)cc5)CC4)C3)ccc2N1[C@@H]1CCC(=O)NC1=O. The second-order valence-corrected chi connectivity index (χ2v) is 17.3. The first-order valence-electron chi connectivity index (χ1n) is 21.5. The maximum Gasteiger partial charge on any atom is 0.320 e. The van der Waals surface area contributed by atoms with Gasteiger partial charge in [0.25, 0.3) is 5.91 Å². The molecule has 6 aliphatic heterocycles. The molecule has 0 aliphatic carbocycles. The van der Waals surface area contributed by atoms with Crippen LogP contribution in [-0.4, -0.2) is 134 Å². The summed E-state index contributed by atoms with van der Waals surface area (Å²) in [7, 11) is 3.83. The number of amides is 5. The summed E-state index contributed by atoms with van der Waals surface area (Å²) in [6, 6.07) is 14.6. The van der Waals surface area contributed by atoms with Crippen molar-refractivity contribution in [2.75, 3.05) is 97.9 Å². The molecule has 5 fully saturated rings. The van der Waals surface area contributed by atoms with Crippen molar-refractivity contribution >= 4 is 58.1 Å². The van der Waals surface area contributed by atoms with Crippen LogP contribution in [0.4, 0.5) is 39.2 Å². The number of likely N-dealkylation sites (tertiary alicyclic amines) is 1. The minimum atomic E-state index is -0.643. The summed E-state index contributed by atoms with van der Waals surface area (Å²) in [6.45, 7) is 12.4. The van der Waals surface area contributed by atoms with Gasteiger partial charge in [-0.05, 0) is 99.3 Å². The zero-order chi connectivity index (χ0) is 41.7. The van der Waals surface area contributed by atoms with Gasteiger partial charge in [0.1, 0.15) is 17.7 Å². The van der Waals surface area contributed by atoms with Gasteiger partial charge < -0.3 is 45.3 Å². The highest BCUT2D eigenvalue weighted by molar-refractivity contribution is 6.03. The van der Waals surface area contributed by atoms with Crippen LogP contribution in [0.25, 0.3) is 0 Å². The van der Waals surface area contributed by atoms with Crippen LogP contribution in [0.1, 0.15) is 66.9 Å². The first kappa shape index (κ1) is 39.6. The minimum Gasteiger partial charge on any atom is -0.371 e. The molecule has 3 aromatic rings. The van der Waals surface area contributed by atoms with E-state index < -0.39 is 11.9 Å². The van der Waals surface area contributed by atoms with Gasteiger partial charge in [0, 0.05) is 77.7 Å². The van der Waals surface area contributed by atoms with Crippen LogP contribution in [0.15, 0.2) is 61.1 Å². The van der Waals surface area contributed by atoms with Gasteiger partial charge in [-0.2, -0.15) is 0 Å². The molecule has 16 nitrogen and oxygen atoms in total. The molecule has 5 saturated heterocycles. The fourth-order valence-corrected chi connectivity index (χ4v) is 10.1. The Morgan fingerprint density at radius 1 is 0.900 bits per heavy atom. The Balaban J connectivity index is 0.775. The summed E-state index contributed by atoms with van der Waals surface area (Å²) >= 11 is 0. The van der Waals surface area contributed by atoms with Crippen molar-refractivity contribution in [3.8, 4) is 0 Å². The Labute approximate surface area is 351 Å². The first-order chi connectivity index (χ1) is 29.0. The number of rotatable bonds is 10. The van der Waals surface area contributed by atoms with Crippen molar-refractivity contribution < 1.29 is 19.2 Å². The van der Waals surface area contributed by atoms with Gasteiger partial charge in [0.05, 0.1) is 23.6 Å². The quantitative estimate of drug-likeness (QED) is 0.253. The maximum absolute atomic E-state index is 12.7. The average molecular weight is 817 g/mol. The van der Waals surface area contributed by atoms with E-state index in [1.807, 2.05) is 40.9 Å². The highest BCUT2D eigenvalue weighted by atomic mass is 16.2. The summed E-state index contributed by atoms with van der Waals surface area (Å²) < 4.78 is 0. The van der Waals surface area contributed by atoms with Crippen molar-refractivity contribution in [2.24, 2.45) is 11.7 Å². The number of carbonyl (C=O) groups is 4. The molecule has 0 saturated carbocycles. The van der Waals surface area contributed by atoms with Gasteiger partial charge >= 0.3 is 6.03 Å². The number of piperidine rings is 3. The molecule has 0 unspecified atom stereocenters. The molecule has 6 aliphatic rings. The molecular formula is C44H56N12O4. The predicted molar refractivity (Wildman–Crippen MR) is 232 cm³/mol. The van der Waals surface area contributed by atoms with Crippen LogP contribution < -0.4 is 36.0 Å². The second kappa shape index (κ2) is 16.3. The summed E-state index contributed by atoms with van der Waals surface area (Å²) in [6.07, 6.45) is 7.64. The standard InChI is InChI=1S/C44H56N12O4/c1-28-51(3)37-23-33(10-11-35(37)56(28)36-12-13-39(57)49-43(36)59)53-20-14-29(26-53)25-52-18-15-31(16-19-52)30-6-8-32(9-7-30)47-42-40(41(45)58)46-24-38(48-42)54-17-4-5-34(27-54)55-22-21-50(2)44(55)60/h6-11,23-24,29,31,34,36H,1,4-5,12-22,25-27H2,2-3H3,(H2,45,58)(H,47,48)(H,49,57,59)/t29-,34-,36-/m1/s1. The molecule has 0 bridgehead atoms. The van der Waals surface area contributed by atoms with Gasteiger partial charge in [-0.15, -0.1) is 0 Å². The number of benzene rings is 2. The topological polar surface area (TPSA) is 167 Å². The number of carbonyl (C=O) groups excluding carboxylic acids is 4. The van der Waals surface area contributed by atoms with E-state index in [2.05, 4.69) is 67.2 Å². The van der Waals surface area contributed by atoms with Crippen molar-refractivity contribution in [3.05, 3.63) is 72.3 Å². The lowest BCUT2D eigenvalue weighted by Crippen LogP contribution is -2.52. The number of anilines is 6. The third-order valence-electron chi connectivity index (χ3n) is 13.6. The van der Waals surface area contributed by atoms with Crippen LogP contribution in [0.3, 0.4) is 0 Å². The number of hydrogen-bond donors (Lipinski definition) is 3. The fraction of sp³-hybridized carbons (Fsp3) is 0.500. The van der Waals surface area contributed by atoms with Gasteiger partial charge in [-0.25, -0.2) is 14.8 Å².